The van der Waals surface area contributed by atoms with E-state index in [0.29, 0.717) is 0 Å². The zero-order chi connectivity index (χ0) is 20.1. The molecule has 4 rings (SSSR count). The minimum absolute atomic E-state index is 0.0792. The number of piperazine rings is 1. The van der Waals surface area contributed by atoms with Crippen molar-refractivity contribution in [2.45, 2.75) is 24.9 Å². The predicted octanol–water partition coefficient (Wildman–Crippen LogP) is 1.59. The first-order valence-corrected chi connectivity index (χ1v) is 11.2. The van der Waals surface area contributed by atoms with E-state index in [2.05, 4.69) is 19.1 Å². The van der Waals surface area contributed by atoms with Gasteiger partial charge in [-0.1, -0.05) is 48.5 Å². The third-order valence-corrected chi connectivity index (χ3v) is 7.16. The van der Waals surface area contributed by atoms with Gasteiger partial charge in [-0.15, -0.1) is 0 Å². The van der Waals surface area contributed by atoms with Crippen LogP contribution in [-0.4, -0.2) is 66.7 Å². The van der Waals surface area contributed by atoms with Gasteiger partial charge in [-0.25, -0.2) is 8.42 Å². The summed E-state index contributed by atoms with van der Waals surface area (Å²) < 4.78 is 25.1. The fraction of sp³-hybridized carbons (Fsp3) is 0.381. The maximum atomic E-state index is 12.4. The van der Waals surface area contributed by atoms with Crippen LogP contribution in [-0.2, 0) is 14.8 Å². The molecule has 0 aliphatic carbocycles. The lowest BCUT2D eigenvalue weighted by Crippen LogP contribution is -2.73. The van der Waals surface area contributed by atoms with E-state index in [1.807, 2.05) is 36.4 Å². The number of amides is 1. The summed E-state index contributed by atoms with van der Waals surface area (Å²) in [5.41, 5.74) is 4.48. The monoisotopic (exact) mass is 400 g/mol. The number of nitrogens with zero attached hydrogens (tertiary/aromatic N) is 2. The molecule has 2 aromatic carbocycles. The third-order valence-electron chi connectivity index (χ3n) is 5.94. The summed E-state index contributed by atoms with van der Waals surface area (Å²) in [6.45, 7) is 2.06. The second-order valence-electron chi connectivity index (χ2n) is 7.64. The Bertz CT molecular complexity index is 1000. The highest BCUT2D eigenvalue weighted by molar-refractivity contribution is 7.88. The standard InChI is InChI=1S/C21H24N2O4S/c1-14-5-3-4-6-17(14)15-7-9-16(10-8-15)21-18-11-22(28(2,26)27)12-20(25)23(18)19(21)13-24/h3-10,18-19,21,24H,11-13H2,1-2H3/t18-,19-,21+/m0/s1. The average molecular weight is 401 g/mol. The Kier molecular flexibility index (Phi) is 4.77. The van der Waals surface area contributed by atoms with E-state index in [9.17, 15) is 18.3 Å². The van der Waals surface area contributed by atoms with Crippen LogP contribution in [0, 0.1) is 6.92 Å². The second kappa shape index (κ2) is 6.99. The Balaban J connectivity index is 1.63. The smallest absolute Gasteiger partial charge is 0.238 e. The van der Waals surface area contributed by atoms with Crippen LogP contribution in [0.1, 0.15) is 17.0 Å². The molecule has 2 fully saturated rings. The summed E-state index contributed by atoms with van der Waals surface area (Å²) in [4.78, 5) is 14.1. The van der Waals surface area contributed by atoms with Crippen LogP contribution in [0.5, 0.6) is 0 Å². The van der Waals surface area contributed by atoms with Gasteiger partial charge in [0.2, 0.25) is 15.9 Å². The molecule has 0 saturated carbocycles. The van der Waals surface area contributed by atoms with Gasteiger partial charge in [0, 0.05) is 12.5 Å². The predicted molar refractivity (Wildman–Crippen MR) is 107 cm³/mol. The van der Waals surface area contributed by atoms with Crippen LogP contribution < -0.4 is 0 Å². The number of fused-ring (bicyclic) bond motifs is 1. The van der Waals surface area contributed by atoms with Gasteiger partial charge in [-0.3, -0.25) is 4.79 Å². The summed E-state index contributed by atoms with van der Waals surface area (Å²) in [6.07, 6.45) is 1.13. The van der Waals surface area contributed by atoms with E-state index in [0.717, 1.165) is 17.4 Å². The molecule has 6 nitrogen and oxygen atoms in total. The van der Waals surface area contributed by atoms with Crippen LogP contribution in [0.3, 0.4) is 0 Å². The van der Waals surface area contributed by atoms with E-state index < -0.39 is 10.0 Å². The van der Waals surface area contributed by atoms with Crippen molar-refractivity contribution in [1.29, 1.82) is 0 Å². The lowest BCUT2D eigenvalue weighted by Gasteiger charge is -2.58. The molecule has 2 aliphatic heterocycles. The van der Waals surface area contributed by atoms with E-state index in [1.54, 1.807) is 4.90 Å². The van der Waals surface area contributed by atoms with Gasteiger partial charge >= 0.3 is 0 Å². The number of aliphatic hydroxyl groups is 1. The molecule has 2 saturated heterocycles. The van der Waals surface area contributed by atoms with Gasteiger partial charge in [0.1, 0.15) is 0 Å². The number of carbonyl (C=O) groups is 1. The Morgan fingerprint density at radius 3 is 2.39 bits per heavy atom. The van der Waals surface area contributed by atoms with Crippen molar-refractivity contribution >= 4 is 15.9 Å². The molecule has 7 heteroatoms. The maximum Gasteiger partial charge on any atom is 0.238 e. The molecule has 0 aromatic heterocycles. The van der Waals surface area contributed by atoms with Crippen LogP contribution in [0.15, 0.2) is 48.5 Å². The maximum absolute atomic E-state index is 12.4. The first kappa shape index (κ1) is 19.1. The SMILES string of the molecule is Cc1ccccc1-c1ccc([C@H]2[C@H](CO)N3C(=O)CN(S(C)(=O)=O)C[C@@H]23)cc1. The molecule has 28 heavy (non-hydrogen) atoms. The zero-order valence-electron chi connectivity index (χ0n) is 15.9. The van der Waals surface area contributed by atoms with Gasteiger partial charge < -0.3 is 10.0 Å². The molecule has 2 aliphatic rings. The Labute approximate surface area is 165 Å². The van der Waals surface area contributed by atoms with Crippen molar-refractivity contribution in [1.82, 2.24) is 9.21 Å². The first-order valence-electron chi connectivity index (χ1n) is 9.34. The lowest BCUT2D eigenvalue weighted by atomic mass is 9.74. The van der Waals surface area contributed by atoms with Gasteiger partial charge in [-0.05, 0) is 29.2 Å². The van der Waals surface area contributed by atoms with Crippen LogP contribution >= 0.6 is 0 Å². The molecule has 0 unspecified atom stereocenters. The highest BCUT2D eigenvalue weighted by Crippen LogP contribution is 2.43. The van der Waals surface area contributed by atoms with E-state index in [4.69, 9.17) is 0 Å². The van der Waals surface area contributed by atoms with Gasteiger partial charge in [-0.2, -0.15) is 4.31 Å². The van der Waals surface area contributed by atoms with Crippen LogP contribution in [0.2, 0.25) is 0 Å². The molecule has 0 spiro atoms. The molecule has 1 N–H and O–H groups in total. The number of hydrogen-bond acceptors (Lipinski definition) is 4. The largest absolute Gasteiger partial charge is 0.394 e. The molecule has 148 valence electrons. The summed E-state index contributed by atoms with van der Waals surface area (Å²) >= 11 is 0. The minimum Gasteiger partial charge on any atom is -0.394 e. The number of aliphatic hydroxyl groups excluding tert-OH is 1. The summed E-state index contributed by atoms with van der Waals surface area (Å²) in [7, 11) is -3.44. The van der Waals surface area contributed by atoms with E-state index in [1.165, 1.54) is 15.4 Å². The number of carbonyl (C=O) groups excluding carboxylic acids is 1. The fourth-order valence-electron chi connectivity index (χ4n) is 4.50. The van der Waals surface area contributed by atoms with Crippen LogP contribution in [0.4, 0.5) is 0 Å². The van der Waals surface area contributed by atoms with Crippen molar-refractivity contribution in [2.24, 2.45) is 0 Å². The van der Waals surface area contributed by atoms with Gasteiger partial charge in [0.15, 0.2) is 0 Å². The van der Waals surface area contributed by atoms with Crippen molar-refractivity contribution in [2.75, 3.05) is 26.0 Å². The minimum atomic E-state index is -3.44. The van der Waals surface area contributed by atoms with Gasteiger partial charge in [0.25, 0.3) is 0 Å². The second-order valence-corrected chi connectivity index (χ2v) is 9.62. The van der Waals surface area contributed by atoms with Crippen molar-refractivity contribution in [3.8, 4) is 11.1 Å². The quantitative estimate of drug-likeness (QED) is 0.846. The number of hydrogen-bond donors (Lipinski definition) is 1. The third kappa shape index (κ3) is 3.13. The number of aryl methyl sites for hydroxylation is 1. The number of benzene rings is 2. The van der Waals surface area contributed by atoms with E-state index in [-0.39, 0.29) is 43.6 Å². The molecule has 2 heterocycles. The Morgan fingerprint density at radius 1 is 1.11 bits per heavy atom. The topological polar surface area (TPSA) is 77.9 Å². The fourth-order valence-corrected chi connectivity index (χ4v) is 5.27. The zero-order valence-corrected chi connectivity index (χ0v) is 16.8. The summed E-state index contributed by atoms with van der Waals surface area (Å²) in [6, 6.07) is 15.8. The van der Waals surface area contributed by atoms with Crippen molar-refractivity contribution in [3.63, 3.8) is 0 Å². The molecule has 3 atom stereocenters. The van der Waals surface area contributed by atoms with E-state index >= 15 is 0 Å². The average Bonchev–Trinajstić information content (AvgIpc) is 2.63. The molecule has 1 amide bonds. The van der Waals surface area contributed by atoms with Gasteiger partial charge in [0.05, 0.1) is 31.5 Å². The highest BCUT2D eigenvalue weighted by Gasteiger charge is 2.54. The molecule has 2 aromatic rings. The lowest BCUT2D eigenvalue weighted by molar-refractivity contribution is -0.158. The first-order chi connectivity index (χ1) is 13.3. The number of rotatable bonds is 4. The molecular weight excluding hydrogens is 376 g/mol. The molecule has 0 radical (unpaired) electrons. The summed E-state index contributed by atoms with van der Waals surface area (Å²) in [5, 5.41) is 9.84. The highest BCUT2D eigenvalue weighted by atomic mass is 32.2. The van der Waals surface area contributed by atoms with Crippen molar-refractivity contribution < 1.29 is 18.3 Å². The number of sulfonamides is 1. The van der Waals surface area contributed by atoms with Crippen molar-refractivity contribution in [3.05, 3.63) is 59.7 Å². The molecular formula is C21H24N2O4S. The normalized spacial score (nSPS) is 25.3. The Hall–Kier alpha value is -2.22. The van der Waals surface area contributed by atoms with Crippen LogP contribution in [0.25, 0.3) is 11.1 Å². The molecule has 0 bridgehead atoms. The summed E-state index contributed by atoms with van der Waals surface area (Å²) in [5.74, 6) is -0.321. The Morgan fingerprint density at radius 2 is 1.79 bits per heavy atom.